The first-order valence-corrected chi connectivity index (χ1v) is 9.93. The highest BCUT2D eigenvalue weighted by molar-refractivity contribution is 9.10. The molecule has 0 bridgehead atoms. The van der Waals surface area contributed by atoms with E-state index in [2.05, 4.69) is 31.9 Å². The first-order valence-electron chi connectivity index (χ1n) is 6.19. The predicted molar refractivity (Wildman–Crippen MR) is 90.9 cm³/mol. The zero-order valence-corrected chi connectivity index (χ0v) is 17.5. The van der Waals surface area contributed by atoms with Gasteiger partial charge in [-0.25, -0.2) is 4.57 Å². The van der Waals surface area contributed by atoms with E-state index in [-0.39, 0.29) is 27.1 Å². The summed E-state index contributed by atoms with van der Waals surface area (Å²) in [7, 11) is -4.57. The molecule has 2 unspecified atom stereocenters. The lowest BCUT2D eigenvalue weighted by atomic mass is 9.76. The monoisotopic (exact) mass is 456 g/mol. The number of phosphoric ester groups is 1. The average Bonchev–Trinajstić information content (AvgIpc) is 2.20. The highest BCUT2D eigenvalue weighted by Gasteiger charge is 2.51. The van der Waals surface area contributed by atoms with Crippen molar-refractivity contribution in [3.63, 3.8) is 0 Å². The molecule has 0 amide bonds. The molecule has 0 saturated heterocycles. The van der Waals surface area contributed by atoms with Gasteiger partial charge >= 0.3 is 7.82 Å². The molecule has 2 N–H and O–H groups in total. The number of rotatable bonds is 5. The Balaban J connectivity index is 5.51. The average molecular weight is 459 g/mol. The Morgan fingerprint density at radius 2 is 1.35 bits per heavy atom. The standard InChI is InChI=1S/C12H24Br2ClO4P/c1-10(2,3)8(13)12(15,7-19-20(16,17)18)9(14)11(4,5)6/h8-9H,7H2,1-6H3,(H2,16,17,18). The number of hydrogen-bond acceptors (Lipinski definition) is 2. The maximum Gasteiger partial charge on any atom is 0.469 e. The molecule has 0 spiro atoms. The molecule has 8 heteroatoms. The van der Waals surface area contributed by atoms with Crippen LogP contribution < -0.4 is 0 Å². The fraction of sp³-hybridized carbons (Fsp3) is 1.00. The molecule has 0 aliphatic rings. The fourth-order valence-corrected chi connectivity index (χ4v) is 4.21. The molecule has 4 nitrogen and oxygen atoms in total. The number of halogens is 3. The summed E-state index contributed by atoms with van der Waals surface area (Å²) in [6.45, 7) is 11.8. The van der Waals surface area contributed by atoms with Gasteiger partial charge in [-0.05, 0) is 10.8 Å². The zero-order valence-electron chi connectivity index (χ0n) is 12.7. The normalized spacial score (nSPS) is 20.4. The van der Waals surface area contributed by atoms with Crippen molar-refractivity contribution in [1.82, 2.24) is 0 Å². The summed E-state index contributed by atoms with van der Waals surface area (Å²) in [5, 5.41) is 0. The molecule has 0 radical (unpaired) electrons. The van der Waals surface area contributed by atoms with Crippen molar-refractivity contribution in [1.29, 1.82) is 0 Å². The van der Waals surface area contributed by atoms with E-state index in [9.17, 15) is 4.57 Å². The van der Waals surface area contributed by atoms with Gasteiger partial charge in [-0.15, -0.1) is 11.6 Å². The van der Waals surface area contributed by atoms with Crippen LogP contribution in [0.15, 0.2) is 0 Å². The molecule has 0 aliphatic heterocycles. The van der Waals surface area contributed by atoms with Crippen molar-refractivity contribution in [3.05, 3.63) is 0 Å². The van der Waals surface area contributed by atoms with E-state index in [1.165, 1.54) is 0 Å². The molecule has 0 saturated carbocycles. The Morgan fingerprint density at radius 3 is 1.55 bits per heavy atom. The minimum absolute atomic E-state index is 0.211. The van der Waals surface area contributed by atoms with Crippen LogP contribution in [-0.2, 0) is 9.09 Å². The van der Waals surface area contributed by atoms with Crippen LogP contribution in [0.2, 0.25) is 0 Å². The van der Waals surface area contributed by atoms with Gasteiger partial charge in [-0.1, -0.05) is 73.4 Å². The van der Waals surface area contributed by atoms with Crippen molar-refractivity contribution >= 4 is 51.3 Å². The van der Waals surface area contributed by atoms with Crippen molar-refractivity contribution in [2.75, 3.05) is 6.61 Å². The Bertz CT molecular complexity index is 353. The second-order valence-electron chi connectivity index (χ2n) is 7.15. The Labute approximate surface area is 143 Å². The molecule has 0 aromatic rings. The molecular weight excluding hydrogens is 434 g/mol. The smallest absolute Gasteiger partial charge is 0.303 e. The van der Waals surface area contributed by atoms with Crippen LogP contribution in [0.5, 0.6) is 0 Å². The summed E-state index contributed by atoms with van der Waals surface area (Å²) < 4.78 is 15.7. The summed E-state index contributed by atoms with van der Waals surface area (Å²) in [6.07, 6.45) is 0. The topological polar surface area (TPSA) is 66.8 Å². The molecule has 2 atom stereocenters. The van der Waals surface area contributed by atoms with Crippen LogP contribution in [0.3, 0.4) is 0 Å². The summed E-state index contributed by atoms with van der Waals surface area (Å²) in [6, 6.07) is 0. The quantitative estimate of drug-likeness (QED) is 0.463. The first-order chi connectivity index (χ1) is 8.52. The van der Waals surface area contributed by atoms with Crippen LogP contribution in [-0.4, -0.2) is 30.9 Å². The minimum atomic E-state index is -4.57. The second kappa shape index (κ2) is 6.86. The molecule has 0 aliphatic carbocycles. The van der Waals surface area contributed by atoms with Crippen LogP contribution in [0, 0.1) is 10.8 Å². The molecule has 0 heterocycles. The maximum atomic E-state index is 11.0. The van der Waals surface area contributed by atoms with Gasteiger partial charge < -0.3 is 9.79 Å². The number of hydrogen-bond donors (Lipinski definition) is 2. The van der Waals surface area contributed by atoms with Crippen molar-refractivity contribution < 1.29 is 18.9 Å². The van der Waals surface area contributed by atoms with Crippen LogP contribution in [0.4, 0.5) is 0 Å². The van der Waals surface area contributed by atoms with Gasteiger partial charge in [0.1, 0.15) is 0 Å². The largest absolute Gasteiger partial charge is 0.469 e. The third-order valence-corrected chi connectivity index (χ3v) is 8.74. The first kappa shape index (κ1) is 21.4. The summed E-state index contributed by atoms with van der Waals surface area (Å²) in [5.74, 6) is 0. The molecular formula is C12H24Br2ClO4P. The van der Waals surface area contributed by atoms with Crippen LogP contribution in [0.25, 0.3) is 0 Å². The van der Waals surface area contributed by atoms with Crippen LogP contribution >= 0.6 is 51.3 Å². The van der Waals surface area contributed by atoms with Gasteiger partial charge in [-0.3, -0.25) is 4.52 Å². The Hall–Kier alpha value is 1.36. The molecule has 122 valence electrons. The van der Waals surface area contributed by atoms with E-state index in [0.717, 1.165) is 0 Å². The summed E-state index contributed by atoms with van der Waals surface area (Å²) >= 11 is 13.9. The Morgan fingerprint density at radius 1 is 1.05 bits per heavy atom. The van der Waals surface area contributed by atoms with E-state index in [0.29, 0.717) is 0 Å². The van der Waals surface area contributed by atoms with E-state index in [1.807, 2.05) is 41.5 Å². The highest BCUT2D eigenvalue weighted by Crippen LogP contribution is 2.50. The SMILES string of the molecule is CC(C)(C)C(Br)C(Cl)(COP(=O)(O)O)C(Br)C(C)(C)C. The maximum absolute atomic E-state index is 11.0. The summed E-state index contributed by atoms with van der Waals surface area (Å²) in [4.78, 5) is 16.4. The second-order valence-corrected chi connectivity index (χ2v) is 10.9. The van der Waals surface area contributed by atoms with E-state index < -0.39 is 12.7 Å². The molecule has 0 rings (SSSR count). The predicted octanol–water partition coefficient (Wildman–Crippen LogP) is 4.69. The van der Waals surface area contributed by atoms with Gasteiger partial charge in [0.15, 0.2) is 0 Å². The highest BCUT2D eigenvalue weighted by atomic mass is 79.9. The molecule has 20 heavy (non-hydrogen) atoms. The van der Waals surface area contributed by atoms with Crippen LogP contribution in [0.1, 0.15) is 41.5 Å². The molecule has 0 aromatic carbocycles. The Kier molecular flexibility index (Phi) is 7.32. The number of phosphoric acid groups is 1. The minimum Gasteiger partial charge on any atom is -0.303 e. The lowest BCUT2D eigenvalue weighted by Gasteiger charge is -2.46. The van der Waals surface area contributed by atoms with Crippen molar-refractivity contribution in [3.8, 4) is 0 Å². The van der Waals surface area contributed by atoms with Gasteiger partial charge in [0.25, 0.3) is 0 Å². The lowest BCUT2D eigenvalue weighted by Crippen LogP contribution is -2.54. The molecule has 0 fully saturated rings. The molecule has 0 aromatic heterocycles. The van der Waals surface area contributed by atoms with Gasteiger partial charge in [-0.2, -0.15) is 0 Å². The fourth-order valence-electron chi connectivity index (χ4n) is 1.90. The van der Waals surface area contributed by atoms with E-state index >= 15 is 0 Å². The van der Waals surface area contributed by atoms with Crippen molar-refractivity contribution in [2.24, 2.45) is 10.8 Å². The summed E-state index contributed by atoms with van der Waals surface area (Å²) in [5.41, 5.74) is -0.422. The zero-order chi connectivity index (χ0) is 16.6. The van der Waals surface area contributed by atoms with Gasteiger partial charge in [0, 0.05) is 9.65 Å². The third kappa shape index (κ3) is 6.23. The van der Waals surface area contributed by atoms with E-state index in [4.69, 9.17) is 25.9 Å². The van der Waals surface area contributed by atoms with Crippen molar-refractivity contribution in [2.45, 2.75) is 56.1 Å². The van der Waals surface area contributed by atoms with E-state index in [1.54, 1.807) is 0 Å². The third-order valence-electron chi connectivity index (χ3n) is 2.82. The lowest BCUT2D eigenvalue weighted by molar-refractivity contribution is 0.145. The van der Waals surface area contributed by atoms with Gasteiger partial charge in [0.05, 0.1) is 11.5 Å². The number of alkyl halides is 3. The van der Waals surface area contributed by atoms with Gasteiger partial charge in [0.2, 0.25) is 0 Å².